The summed E-state index contributed by atoms with van der Waals surface area (Å²) in [5.41, 5.74) is 4.43. The third-order valence-electron chi connectivity index (χ3n) is 4.04. The lowest BCUT2D eigenvalue weighted by Gasteiger charge is -2.15. The van der Waals surface area contributed by atoms with Gasteiger partial charge in [-0.05, 0) is 49.6 Å². The lowest BCUT2D eigenvalue weighted by atomic mass is 10.1. The van der Waals surface area contributed by atoms with Gasteiger partial charge < -0.3 is 10.6 Å². The average molecular weight is 346 g/mol. The van der Waals surface area contributed by atoms with Crippen molar-refractivity contribution < 1.29 is 4.79 Å². The van der Waals surface area contributed by atoms with Crippen LogP contribution in [0.3, 0.4) is 0 Å². The molecule has 5 heteroatoms. The molecule has 2 aromatic carbocycles. The second-order valence-corrected chi connectivity index (χ2v) is 6.40. The monoisotopic (exact) mass is 346 g/mol. The Labute approximate surface area is 153 Å². The molecule has 0 aliphatic carbocycles. The number of anilines is 2. The van der Waals surface area contributed by atoms with Gasteiger partial charge in [0.05, 0.1) is 0 Å². The maximum Gasteiger partial charge on any atom is 0.274 e. The molecule has 0 saturated carbocycles. The molecule has 5 nitrogen and oxygen atoms in total. The van der Waals surface area contributed by atoms with E-state index in [9.17, 15) is 4.79 Å². The number of nitrogens with one attached hydrogen (secondary N) is 2. The normalized spacial score (nSPS) is 11.7. The van der Waals surface area contributed by atoms with Gasteiger partial charge in [0, 0.05) is 17.8 Å². The Morgan fingerprint density at radius 2 is 1.65 bits per heavy atom. The topological polar surface area (TPSA) is 66.9 Å². The SMILES string of the molecule is Cc1cc(C)cc(NC(=O)c2cc(NC(C)c3ccccc3)ncn2)c1. The molecule has 1 unspecified atom stereocenters. The molecule has 0 spiro atoms. The average Bonchev–Trinajstić information content (AvgIpc) is 2.62. The van der Waals surface area contributed by atoms with Crippen molar-refractivity contribution in [3.05, 3.63) is 83.3 Å². The lowest BCUT2D eigenvalue weighted by molar-refractivity contribution is 0.102. The van der Waals surface area contributed by atoms with E-state index in [-0.39, 0.29) is 11.9 Å². The van der Waals surface area contributed by atoms with Gasteiger partial charge >= 0.3 is 0 Å². The van der Waals surface area contributed by atoms with Crippen LogP contribution in [-0.2, 0) is 0 Å². The maximum atomic E-state index is 12.5. The van der Waals surface area contributed by atoms with Crippen molar-refractivity contribution in [2.45, 2.75) is 26.8 Å². The van der Waals surface area contributed by atoms with Crippen molar-refractivity contribution in [2.24, 2.45) is 0 Å². The predicted molar refractivity (Wildman–Crippen MR) is 104 cm³/mol. The van der Waals surface area contributed by atoms with Gasteiger partial charge in [-0.25, -0.2) is 9.97 Å². The van der Waals surface area contributed by atoms with Gasteiger partial charge in [-0.2, -0.15) is 0 Å². The number of hydrogen-bond donors (Lipinski definition) is 2. The van der Waals surface area contributed by atoms with Crippen LogP contribution < -0.4 is 10.6 Å². The molecule has 2 N–H and O–H groups in total. The molecule has 0 bridgehead atoms. The Morgan fingerprint density at radius 1 is 0.962 bits per heavy atom. The van der Waals surface area contributed by atoms with Gasteiger partial charge in [0.25, 0.3) is 5.91 Å². The summed E-state index contributed by atoms with van der Waals surface area (Å²) in [6.07, 6.45) is 1.40. The van der Waals surface area contributed by atoms with Gasteiger partial charge in [0.2, 0.25) is 0 Å². The molecule has 3 rings (SSSR count). The minimum Gasteiger partial charge on any atom is -0.363 e. The second kappa shape index (κ2) is 7.78. The van der Waals surface area contributed by atoms with Crippen LogP contribution in [-0.4, -0.2) is 15.9 Å². The number of benzene rings is 2. The zero-order valence-corrected chi connectivity index (χ0v) is 15.2. The zero-order chi connectivity index (χ0) is 18.5. The Morgan fingerprint density at radius 3 is 2.35 bits per heavy atom. The van der Waals surface area contributed by atoms with Crippen LogP contribution in [0.5, 0.6) is 0 Å². The largest absolute Gasteiger partial charge is 0.363 e. The van der Waals surface area contributed by atoms with Crippen LogP contribution in [0, 0.1) is 13.8 Å². The van der Waals surface area contributed by atoms with Crippen molar-refractivity contribution in [1.29, 1.82) is 0 Å². The Kier molecular flexibility index (Phi) is 5.27. The van der Waals surface area contributed by atoms with E-state index >= 15 is 0 Å². The van der Waals surface area contributed by atoms with Crippen molar-refractivity contribution in [1.82, 2.24) is 9.97 Å². The molecular formula is C21H22N4O. The quantitative estimate of drug-likeness (QED) is 0.713. The Hall–Kier alpha value is -3.21. The van der Waals surface area contributed by atoms with Gasteiger partial charge in [-0.15, -0.1) is 0 Å². The van der Waals surface area contributed by atoms with E-state index in [1.165, 1.54) is 6.33 Å². The molecular weight excluding hydrogens is 324 g/mol. The number of nitrogens with zero attached hydrogens (tertiary/aromatic N) is 2. The maximum absolute atomic E-state index is 12.5. The Bertz CT molecular complexity index is 889. The molecule has 0 aliphatic rings. The number of rotatable bonds is 5. The van der Waals surface area contributed by atoms with Gasteiger partial charge in [0.1, 0.15) is 17.8 Å². The van der Waals surface area contributed by atoms with E-state index in [4.69, 9.17) is 0 Å². The lowest BCUT2D eigenvalue weighted by Crippen LogP contribution is -2.15. The van der Waals surface area contributed by atoms with Crippen LogP contribution in [0.4, 0.5) is 11.5 Å². The highest BCUT2D eigenvalue weighted by molar-refractivity contribution is 6.03. The fourth-order valence-electron chi connectivity index (χ4n) is 2.85. The molecule has 26 heavy (non-hydrogen) atoms. The van der Waals surface area contributed by atoms with Crippen LogP contribution >= 0.6 is 0 Å². The van der Waals surface area contributed by atoms with Crippen LogP contribution in [0.25, 0.3) is 0 Å². The molecule has 3 aromatic rings. The van der Waals surface area contributed by atoms with Crippen molar-refractivity contribution >= 4 is 17.4 Å². The summed E-state index contributed by atoms with van der Waals surface area (Å²) in [4.78, 5) is 20.8. The fourth-order valence-corrected chi connectivity index (χ4v) is 2.85. The van der Waals surface area contributed by atoms with Crippen molar-refractivity contribution in [2.75, 3.05) is 10.6 Å². The molecule has 0 saturated heterocycles. The summed E-state index contributed by atoms with van der Waals surface area (Å²) < 4.78 is 0. The molecule has 0 aliphatic heterocycles. The highest BCUT2D eigenvalue weighted by atomic mass is 16.1. The molecule has 1 aromatic heterocycles. The first kappa shape index (κ1) is 17.6. The first-order valence-electron chi connectivity index (χ1n) is 8.54. The zero-order valence-electron chi connectivity index (χ0n) is 15.2. The van der Waals surface area contributed by atoms with Crippen LogP contribution in [0.1, 0.15) is 40.1 Å². The highest BCUT2D eigenvalue weighted by Gasteiger charge is 2.11. The number of hydrogen-bond acceptors (Lipinski definition) is 4. The van der Waals surface area contributed by atoms with E-state index in [0.717, 1.165) is 22.4 Å². The predicted octanol–water partition coefficient (Wildman–Crippen LogP) is 4.52. The Balaban J connectivity index is 1.73. The number of aryl methyl sites for hydroxylation is 2. The molecule has 1 atom stereocenters. The first-order valence-corrected chi connectivity index (χ1v) is 8.54. The number of aromatic nitrogens is 2. The van der Waals surface area contributed by atoms with Gasteiger partial charge in [0.15, 0.2) is 0 Å². The molecule has 0 radical (unpaired) electrons. The fraction of sp³-hybridized carbons (Fsp3) is 0.190. The number of carbonyl (C=O) groups excluding carboxylic acids is 1. The van der Waals surface area contributed by atoms with E-state index < -0.39 is 0 Å². The van der Waals surface area contributed by atoms with Crippen molar-refractivity contribution in [3.8, 4) is 0 Å². The molecule has 132 valence electrons. The first-order chi connectivity index (χ1) is 12.5. The van der Waals surface area contributed by atoms with E-state index in [1.807, 2.05) is 63.2 Å². The highest BCUT2D eigenvalue weighted by Crippen LogP contribution is 2.18. The van der Waals surface area contributed by atoms with Gasteiger partial charge in [-0.3, -0.25) is 4.79 Å². The van der Waals surface area contributed by atoms with E-state index in [1.54, 1.807) is 6.07 Å². The van der Waals surface area contributed by atoms with Crippen molar-refractivity contribution in [3.63, 3.8) is 0 Å². The smallest absolute Gasteiger partial charge is 0.274 e. The summed E-state index contributed by atoms with van der Waals surface area (Å²) in [5.74, 6) is 0.356. The number of carbonyl (C=O) groups is 1. The third kappa shape index (κ3) is 4.45. The molecule has 1 amide bonds. The summed E-state index contributed by atoms with van der Waals surface area (Å²) in [6, 6.07) is 17.7. The second-order valence-electron chi connectivity index (χ2n) is 6.40. The minimum absolute atomic E-state index is 0.0708. The third-order valence-corrected chi connectivity index (χ3v) is 4.04. The standard InChI is InChI=1S/C21H22N4O/c1-14-9-15(2)11-18(10-14)25-21(26)19-12-20(23-13-22-19)24-16(3)17-7-5-4-6-8-17/h4-13,16H,1-3H3,(H,25,26)(H,22,23,24). The molecule has 1 heterocycles. The van der Waals surface area contributed by atoms with Crippen LogP contribution in [0.2, 0.25) is 0 Å². The summed E-state index contributed by atoms with van der Waals surface area (Å²) >= 11 is 0. The minimum atomic E-state index is -0.257. The number of amides is 1. The van der Waals surface area contributed by atoms with E-state index in [0.29, 0.717) is 11.5 Å². The molecule has 0 fully saturated rings. The summed E-state index contributed by atoms with van der Waals surface area (Å²) in [5, 5.41) is 6.20. The van der Waals surface area contributed by atoms with E-state index in [2.05, 4.69) is 26.7 Å². The van der Waals surface area contributed by atoms with Gasteiger partial charge in [-0.1, -0.05) is 36.4 Å². The summed E-state index contributed by atoms with van der Waals surface area (Å²) in [7, 11) is 0. The van der Waals surface area contributed by atoms with Crippen LogP contribution in [0.15, 0.2) is 60.9 Å². The summed E-state index contributed by atoms with van der Waals surface area (Å²) in [6.45, 7) is 6.05.